The number of carbonyl (C=O) groups is 1. The molecular formula is C17H19BrN6O2S. The Morgan fingerprint density at radius 3 is 2.81 bits per heavy atom. The maximum atomic E-state index is 12.6. The molecule has 1 saturated heterocycles. The zero-order valence-corrected chi connectivity index (χ0v) is 17.4. The molecule has 3 aromatic heterocycles. The zero-order valence-electron chi connectivity index (χ0n) is 15.0. The summed E-state index contributed by atoms with van der Waals surface area (Å²) in [6.07, 6.45) is 5.70. The SMILES string of the molecule is COc1nc2sc(NC(=O)N3CCC(n4cc(C)cn4)CC3)nc2cc1Br. The lowest BCUT2D eigenvalue weighted by Crippen LogP contribution is -2.41. The van der Waals surface area contributed by atoms with Crippen LogP contribution in [-0.2, 0) is 0 Å². The Bertz CT molecular complexity index is 979. The summed E-state index contributed by atoms with van der Waals surface area (Å²) in [5.41, 5.74) is 1.87. The van der Waals surface area contributed by atoms with E-state index in [4.69, 9.17) is 4.74 Å². The number of nitrogens with zero attached hydrogens (tertiary/aromatic N) is 5. The molecule has 1 aliphatic heterocycles. The first-order valence-electron chi connectivity index (χ1n) is 8.61. The number of aryl methyl sites for hydroxylation is 1. The number of pyridine rings is 1. The molecule has 10 heteroatoms. The molecular weight excluding hydrogens is 432 g/mol. The summed E-state index contributed by atoms with van der Waals surface area (Å²) in [6.45, 7) is 3.42. The predicted molar refractivity (Wildman–Crippen MR) is 107 cm³/mol. The van der Waals surface area contributed by atoms with E-state index in [2.05, 4.69) is 42.5 Å². The van der Waals surface area contributed by atoms with Crippen molar-refractivity contribution in [2.75, 3.05) is 25.5 Å². The molecule has 3 aromatic rings. The maximum absolute atomic E-state index is 12.6. The first-order chi connectivity index (χ1) is 13.0. The molecule has 4 rings (SSSR count). The van der Waals surface area contributed by atoms with E-state index in [1.807, 2.05) is 28.8 Å². The summed E-state index contributed by atoms with van der Waals surface area (Å²) in [6, 6.07) is 2.06. The second-order valence-corrected chi connectivity index (χ2v) is 8.30. The van der Waals surface area contributed by atoms with Gasteiger partial charge in [-0.15, -0.1) is 0 Å². The van der Waals surface area contributed by atoms with E-state index in [0.717, 1.165) is 33.2 Å². The van der Waals surface area contributed by atoms with Gasteiger partial charge in [-0.1, -0.05) is 11.3 Å². The highest BCUT2D eigenvalue weighted by Crippen LogP contribution is 2.32. The van der Waals surface area contributed by atoms with Gasteiger partial charge in [0.05, 0.1) is 23.8 Å². The normalized spacial score (nSPS) is 15.3. The van der Waals surface area contributed by atoms with Gasteiger partial charge in [-0.05, 0) is 47.3 Å². The molecule has 1 aliphatic rings. The van der Waals surface area contributed by atoms with Crippen LogP contribution in [0.15, 0.2) is 22.9 Å². The largest absolute Gasteiger partial charge is 0.480 e. The van der Waals surface area contributed by atoms with Crippen molar-refractivity contribution in [2.45, 2.75) is 25.8 Å². The average molecular weight is 451 g/mol. The first-order valence-corrected chi connectivity index (χ1v) is 10.2. The van der Waals surface area contributed by atoms with Gasteiger partial charge in [0, 0.05) is 19.3 Å². The summed E-state index contributed by atoms with van der Waals surface area (Å²) >= 11 is 4.73. The van der Waals surface area contributed by atoms with Crippen molar-refractivity contribution in [3.63, 3.8) is 0 Å². The Morgan fingerprint density at radius 1 is 1.37 bits per heavy atom. The third-order valence-corrected chi connectivity index (χ3v) is 6.02. The van der Waals surface area contributed by atoms with Crippen LogP contribution in [0.25, 0.3) is 10.3 Å². The number of methoxy groups -OCH3 is 1. The number of urea groups is 1. The van der Waals surface area contributed by atoms with E-state index in [-0.39, 0.29) is 6.03 Å². The van der Waals surface area contributed by atoms with Crippen LogP contribution in [0.2, 0.25) is 0 Å². The van der Waals surface area contributed by atoms with Crippen molar-refractivity contribution in [1.29, 1.82) is 0 Å². The van der Waals surface area contributed by atoms with Crippen LogP contribution in [-0.4, -0.2) is 50.9 Å². The van der Waals surface area contributed by atoms with Gasteiger partial charge in [-0.2, -0.15) is 10.1 Å². The van der Waals surface area contributed by atoms with Crippen molar-refractivity contribution < 1.29 is 9.53 Å². The molecule has 0 saturated carbocycles. The van der Waals surface area contributed by atoms with Gasteiger partial charge in [0.1, 0.15) is 10.3 Å². The van der Waals surface area contributed by atoms with Crippen LogP contribution in [0.4, 0.5) is 9.93 Å². The Balaban J connectivity index is 1.40. The number of aromatic nitrogens is 4. The van der Waals surface area contributed by atoms with Crippen LogP contribution < -0.4 is 10.1 Å². The summed E-state index contributed by atoms with van der Waals surface area (Å²) in [5, 5.41) is 7.82. The Labute approximate surface area is 168 Å². The minimum atomic E-state index is -0.129. The zero-order chi connectivity index (χ0) is 19.0. The van der Waals surface area contributed by atoms with Crippen molar-refractivity contribution in [2.24, 2.45) is 0 Å². The Morgan fingerprint density at radius 2 is 2.15 bits per heavy atom. The van der Waals surface area contributed by atoms with Crippen molar-refractivity contribution in [3.05, 3.63) is 28.5 Å². The molecule has 0 aromatic carbocycles. The summed E-state index contributed by atoms with van der Waals surface area (Å²) in [5.74, 6) is 0.500. The van der Waals surface area contributed by atoms with E-state index < -0.39 is 0 Å². The minimum Gasteiger partial charge on any atom is -0.480 e. The van der Waals surface area contributed by atoms with E-state index in [0.29, 0.717) is 30.1 Å². The Hall–Kier alpha value is -2.20. The topological polar surface area (TPSA) is 85.2 Å². The summed E-state index contributed by atoms with van der Waals surface area (Å²) in [4.78, 5) is 24.0. The summed E-state index contributed by atoms with van der Waals surface area (Å²) in [7, 11) is 1.57. The minimum absolute atomic E-state index is 0.129. The van der Waals surface area contributed by atoms with E-state index in [1.165, 1.54) is 11.3 Å². The highest BCUT2D eigenvalue weighted by Gasteiger charge is 2.25. The number of piperidine rings is 1. The van der Waals surface area contributed by atoms with Gasteiger partial charge in [0.2, 0.25) is 5.88 Å². The number of ether oxygens (including phenoxy) is 1. The number of halogens is 1. The second-order valence-electron chi connectivity index (χ2n) is 6.47. The van der Waals surface area contributed by atoms with Crippen LogP contribution >= 0.6 is 27.3 Å². The molecule has 4 heterocycles. The fraction of sp³-hybridized carbons (Fsp3) is 0.412. The fourth-order valence-corrected chi connectivity index (χ4v) is 4.43. The lowest BCUT2D eigenvalue weighted by atomic mass is 10.1. The highest BCUT2D eigenvalue weighted by molar-refractivity contribution is 9.10. The van der Waals surface area contributed by atoms with Gasteiger partial charge in [0.25, 0.3) is 0 Å². The number of hydrogen-bond donors (Lipinski definition) is 1. The Kier molecular flexibility index (Phi) is 5.00. The van der Waals surface area contributed by atoms with E-state index in [1.54, 1.807) is 7.11 Å². The molecule has 142 valence electrons. The number of amides is 2. The van der Waals surface area contributed by atoms with Crippen molar-refractivity contribution in [1.82, 2.24) is 24.6 Å². The second kappa shape index (κ2) is 7.43. The third-order valence-electron chi connectivity index (χ3n) is 4.57. The van der Waals surface area contributed by atoms with Gasteiger partial charge < -0.3 is 9.64 Å². The molecule has 0 unspecified atom stereocenters. The number of nitrogens with one attached hydrogen (secondary N) is 1. The first kappa shape index (κ1) is 18.2. The number of fused-ring (bicyclic) bond motifs is 1. The van der Waals surface area contributed by atoms with Crippen LogP contribution in [0, 0.1) is 6.92 Å². The third kappa shape index (κ3) is 3.77. The number of carbonyl (C=O) groups excluding carboxylic acids is 1. The standard InChI is InChI=1S/C17H19BrN6O2S/c1-10-8-19-24(9-10)11-3-5-23(6-4-11)17(25)22-16-20-13-7-12(18)14(26-2)21-15(13)27-16/h7-9,11H,3-6H2,1-2H3,(H,20,22,25). The number of likely N-dealkylation sites (tertiary alicyclic amines) is 1. The lowest BCUT2D eigenvalue weighted by Gasteiger charge is -2.31. The highest BCUT2D eigenvalue weighted by atomic mass is 79.9. The molecule has 2 amide bonds. The summed E-state index contributed by atoms with van der Waals surface area (Å²) < 4.78 is 7.95. The average Bonchev–Trinajstić information content (AvgIpc) is 3.26. The number of thiazole rings is 1. The maximum Gasteiger partial charge on any atom is 0.323 e. The number of anilines is 1. The smallest absolute Gasteiger partial charge is 0.323 e. The quantitative estimate of drug-likeness (QED) is 0.654. The van der Waals surface area contributed by atoms with Gasteiger partial charge in [0.15, 0.2) is 5.13 Å². The molecule has 27 heavy (non-hydrogen) atoms. The van der Waals surface area contributed by atoms with Crippen LogP contribution in [0.1, 0.15) is 24.4 Å². The molecule has 0 bridgehead atoms. The van der Waals surface area contributed by atoms with Gasteiger partial charge >= 0.3 is 6.03 Å². The molecule has 0 spiro atoms. The van der Waals surface area contributed by atoms with E-state index >= 15 is 0 Å². The lowest BCUT2D eigenvalue weighted by molar-refractivity contribution is 0.180. The molecule has 8 nitrogen and oxygen atoms in total. The number of rotatable bonds is 3. The van der Waals surface area contributed by atoms with Gasteiger partial charge in [-0.3, -0.25) is 10.00 Å². The van der Waals surface area contributed by atoms with Crippen LogP contribution in [0.3, 0.4) is 0 Å². The molecule has 1 N–H and O–H groups in total. The molecule has 0 radical (unpaired) electrons. The molecule has 1 fully saturated rings. The monoisotopic (exact) mass is 450 g/mol. The fourth-order valence-electron chi connectivity index (χ4n) is 3.16. The van der Waals surface area contributed by atoms with E-state index in [9.17, 15) is 4.79 Å². The van der Waals surface area contributed by atoms with Crippen molar-refractivity contribution >= 4 is 48.8 Å². The molecule has 0 aliphatic carbocycles. The van der Waals surface area contributed by atoms with Gasteiger partial charge in [-0.25, -0.2) is 9.78 Å². The predicted octanol–water partition coefficient (Wildman–Crippen LogP) is 3.84. The molecule has 0 atom stereocenters. The number of hydrogen-bond acceptors (Lipinski definition) is 6. The van der Waals surface area contributed by atoms with Crippen molar-refractivity contribution in [3.8, 4) is 5.88 Å². The van der Waals surface area contributed by atoms with Crippen LogP contribution in [0.5, 0.6) is 5.88 Å².